The van der Waals surface area contributed by atoms with Crippen molar-refractivity contribution in [3.8, 4) is 0 Å². The summed E-state index contributed by atoms with van der Waals surface area (Å²) in [4.78, 5) is 0. The zero-order valence-electron chi connectivity index (χ0n) is 7.27. The van der Waals surface area contributed by atoms with Gasteiger partial charge in [0.15, 0.2) is 0 Å². The molecule has 2 nitrogen and oxygen atoms in total. The van der Waals surface area contributed by atoms with Crippen LogP contribution in [0, 0.1) is 0 Å². The van der Waals surface area contributed by atoms with E-state index >= 15 is 0 Å². The van der Waals surface area contributed by atoms with Crippen LogP contribution in [0.1, 0.15) is 17.5 Å². The maximum atomic E-state index is 4.19. The van der Waals surface area contributed by atoms with Gasteiger partial charge in [0.1, 0.15) is 0 Å². The van der Waals surface area contributed by atoms with Crippen molar-refractivity contribution >= 4 is 5.57 Å². The SMILES string of the molecule is C1=C2c3ccccc3CCC2N=N1. The van der Waals surface area contributed by atoms with Crippen molar-refractivity contribution < 1.29 is 0 Å². The molecule has 1 atom stereocenters. The number of hydrogen-bond acceptors (Lipinski definition) is 2. The second kappa shape index (κ2) is 2.52. The highest BCUT2D eigenvalue weighted by atomic mass is 15.1. The third kappa shape index (κ3) is 0.949. The summed E-state index contributed by atoms with van der Waals surface area (Å²) in [7, 11) is 0. The number of fused-ring (bicyclic) bond motifs is 3. The molecule has 0 saturated carbocycles. The molecule has 2 aliphatic rings. The van der Waals surface area contributed by atoms with Crippen molar-refractivity contribution in [1.82, 2.24) is 0 Å². The maximum Gasteiger partial charge on any atom is 0.0986 e. The summed E-state index contributed by atoms with van der Waals surface area (Å²) in [6.45, 7) is 0. The standard InChI is InChI=1S/C11H10N2/c1-2-4-9-8(3-1)5-6-11-10(9)7-12-13-11/h1-4,7,11H,5-6H2. The number of benzene rings is 1. The fourth-order valence-electron chi connectivity index (χ4n) is 2.10. The molecule has 1 aromatic rings. The Bertz CT molecular complexity index is 404. The van der Waals surface area contributed by atoms with E-state index in [9.17, 15) is 0 Å². The fraction of sp³-hybridized carbons (Fsp3) is 0.273. The molecule has 0 N–H and O–H groups in total. The molecule has 1 unspecified atom stereocenters. The van der Waals surface area contributed by atoms with Crippen molar-refractivity contribution in [1.29, 1.82) is 0 Å². The Morgan fingerprint density at radius 3 is 3.15 bits per heavy atom. The molecule has 1 aliphatic carbocycles. The molecular weight excluding hydrogens is 160 g/mol. The van der Waals surface area contributed by atoms with E-state index in [1.54, 1.807) is 0 Å². The lowest BCUT2D eigenvalue weighted by Gasteiger charge is -2.20. The van der Waals surface area contributed by atoms with Gasteiger partial charge in [-0.3, -0.25) is 0 Å². The summed E-state index contributed by atoms with van der Waals surface area (Å²) < 4.78 is 0. The van der Waals surface area contributed by atoms with Crippen LogP contribution in [0.2, 0.25) is 0 Å². The second-order valence-electron chi connectivity index (χ2n) is 3.53. The van der Waals surface area contributed by atoms with Crippen LogP contribution in [-0.2, 0) is 6.42 Å². The number of nitrogens with zero attached hydrogens (tertiary/aromatic N) is 2. The van der Waals surface area contributed by atoms with Crippen LogP contribution in [0.25, 0.3) is 5.57 Å². The van der Waals surface area contributed by atoms with Gasteiger partial charge in [0.2, 0.25) is 0 Å². The Kier molecular flexibility index (Phi) is 1.36. The maximum absolute atomic E-state index is 4.19. The summed E-state index contributed by atoms with van der Waals surface area (Å²) in [5, 5.41) is 8.18. The number of hydrogen-bond donors (Lipinski definition) is 0. The Hall–Kier alpha value is -1.44. The van der Waals surface area contributed by atoms with E-state index in [-0.39, 0.29) is 0 Å². The van der Waals surface area contributed by atoms with Crippen LogP contribution in [0.3, 0.4) is 0 Å². The van der Waals surface area contributed by atoms with E-state index in [4.69, 9.17) is 0 Å². The molecule has 0 aromatic heterocycles. The van der Waals surface area contributed by atoms with Crippen LogP contribution in [0.5, 0.6) is 0 Å². The van der Waals surface area contributed by atoms with Crippen LogP contribution < -0.4 is 0 Å². The van der Waals surface area contributed by atoms with Gasteiger partial charge in [-0.2, -0.15) is 10.2 Å². The van der Waals surface area contributed by atoms with Crippen LogP contribution in [0.15, 0.2) is 40.7 Å². The topological polar surface area (TPSA) is 24.7 Å². The lowest BCUT2D eigenvalue weighted by Crippen LogP contribution is -2.13. The predicted molar refractivity (Wildman–Crippen MR) is 51.4 cm³/mol. The monoisotopic (exact) mass is 170 g/mol. The van der Waals surface area contributed by atoms with E-state index in [1.165, 1.54) is 16.7 Å². The van der Waals surface area contributed by atoms with Crippen molar-refractivity contribution in [3.05, 3.63) is 41.6 Å². The molecule has 2 heteroatoms. The highest BCUT2D eigenvalue weighted by Gasteiger charge is 2.25. The van der Waals surface area contributed by atoms with E-state index < -0.39 is 0 Å². The average molecular weight is 170 g/mol. The normalized spacial score (nSPS) is 23.7. The minimum atomic E-state index is 0.342. The molecule has 0 saturated heterocycles. The molecular formula is C11H10N2. The fourth-order valence-corrected chi connectivity index (χ4v) is 2.10. The molecule has 3 rings (SSSR count). The first-order chi connectivity index (χ1) is 6.45. The first kappa shape index (κ1) is 7.01. The van der Waals surface area contributed by atoms with Crippen molar-refractivity contribution in [3.63, 3.8) is 0 Å². The highest BCUT2D eigenvalue weighted by Crippen LogP contribution is 2.35. The molecule has 13 heavy (non-hydrogen) atoms. The van der Waals surface area contributed by atoms with Gasteiger partial charge >= 0.3 is 0 Å². The van der Waals surface area contributed by atoms with Gasteiger partial charge in [-0.15, -0.1) is 0 Å². The molecule has 0 fully saturated rings. The quantitative estimate of drug-likeness (QED) is 0.572. The van der Waals surface area contributed by atoms with Crippen molar-refractivity contribution in [2.45, 2.75) is 18.9 Å². The molecule has 0 radical (unpaired) electrons. The number of rotatable bonds is 0. The molecule has 1 heterocycles. The second-order valence-corrected chi connectivity index (χ2v) is 3.53. The zero-order valence-corrected chi connectivity index (χ0v) is 7.27. The molecule has 1 aromatic carbocycles. The smallest absolute Gasteiger partial charge is 0.0986 e. The third-order valence-electron chi connectivity index (χ3n) is 2.78. The van der Waals surface area contributed by atoms with Gasteiger partial charge in [-0.1, -0.05) is 24.3 Å². The Balaban J connectivity index is 2.18. The van der Waals surface area contributed by atoms with Crippen LogP contribution >= 0.6 is 0 Å². The van der Waals surface area contributed by atoms with E-state index in [2.05, 4.69) is 34.5 Å². The van der Waals surface area contributed by atoms with Crippen molar-refractivity contribution in [2.75, 3.05) is 0 Å². The minimum Gasteiger partial charge on any atom is -0.181 e. The molecule has 1 aliphatic heterocycles. The van der Waals surface area contributed by atoms with Gasteiger partial charge in [-0.05, 0) is 24.0 Å². The van der Waals surface area contributed by atoms with Gasteiger partial charge in [0.05, 0.1) is 12.2 Å². The molecule has 0 amide bonds. The van der Waals surface area contributed by atoms with Crippen molar-refractivity contribution in [2.24, 2.45) is 10.2 Å². The molecule has 0 spiro atoms. The van der Waals surface area contributed by atoms with Gasteiger partial charge in [0.25, 0.3) is 0 Å². The highest BCUT2D eigenvalue weighted by molar-refractivity contribution is 5.74. The van der Waals surface area contributed by atoms with Gasteiger partial charge in [0, 0.05) is 5.57 Å². The average Bonchev–Trinajstić information content (AvgIpc) is 2.65. The molecule has 64 valence electrons. The van der Waals surface area contributed by atoms with E-state index in [0.717, 1.165) is 12.8 Å². The third-order valence-corrected chi connectivity index (χ3v) is 2.78. The zero-order chi connectivity index (χ0) is 8.67. The van der Waals surface area contributed by atoms with Gasteiger partial charge in [-0.25, -0.2) is 0 Å². The molecule has 0 bridgehead atoms. The lowest BCUT2D eigenvalue weighted by atomic mass is 9.85. The summed E-state index contributed by atoms with van der Waals surface area (Å²) in [6, 6.07) is 8.90. The predicted octanol–water partition coefficient (Wildman–Crippen LogP) is 2.81. The number of aryl methyl sites for hydroxylation is 1. The van der Waals surface area contributed by atoms with Crippen LogP contribution in [-0.4, -0.2) is 6.04 Å². The summed E-state index contributed by atoms with van der Waals surface area (Å²) in [6.07, 6.45) is 4.16. The summed E-state index contributed by atoms with van der Waals surface area (Å²) in [5.41, 5.74) is 4.10. The Morgan fingerprint density at radius 2 is 2.15 bits per heavy atom. The van der Waals surface area contributed by atoms with Crippen LogP contribution in [0.4, 0.5) is 0 Å². The largest absolute Gasteiger partial charge is 0.181 e. The summed E-state index contributed by atoms with van der Waals surface area (Å²) in [5.74, 6) is 0. The lowest BCUT2D eigenvalue weighted by molar-refractivity contribution is 0.702. The van der Waals surface area contributed by atoms with E-state index in [1.807, 2.05) is 6.20 Å². The summed E-state index contributed by atoms with van der Waals surface area (Å²) >= 11 is 0. The minimum absolute atomic E-state index is 0.342. The Labute approximate surface area is 77.0 Å². The Morgan fingerprint density at radius 1 is 1.23 bits per heavy atom. The van der Waals surface area contributed by atoms with Gasteiger partial charge < -0.3 is 0 Å². The number of azo groups is 1. The first-order valence-corrected chi connectivity index (χ1v) is 4.63. The first-order valence-electron chi connectivity index (χ1n) is 4.63. The van der Waals surface area contributed by atoms with E-state index in [0.29, 0.717) is 6.04 Å².